The SMILES string of the molecule is CC(C)Cc1nc2cc(CCN)ccc2s1. The summed E-state index contributed by atoms with van der Waals surface area (Å²) in [6, 6.07) is 6.50. The standard InChI is InChI=1S/C13H18N2S/c1-9(2)7-13-15-11-8-10(5-6-14)3-4-12(11)16-13/h3-4,8-9H,5-7,14H2,1-2H3. The molecule has 2 N–H and O–H groups in total. The summed E-state index contributed by atoms with van der Waals surface area (Å²) in [6.07, 6.45) is 2.01. The van der Waals surface area contributed by atoms with Gasteiger partial charge in [-0.25, -0.2) is 4.98 Å². The lowest BCUT2D eigenvalue weighted by Gasteiger charge is -1.97. The van der Waals surface area contributed by atoms with Gasteiger partial charge in [0.1, 0.15) is 0 Å². The van der Waals surface area contributed by atoms with E-state index in [1.165, 1.54) is 15.3 Å². The first-order valence-electron chi connectivity index (χ1n) is 5.77. The van der Waals surface area contributed by atoms with Crippen LogP contribution in [0.3, 0.4) is 0 Å². The van der Waals surface area contributed by atoms with Gasteiger partial charge in [0.2, 0.25) is 0 Å². The van der Waals surface area contributed by atoms with Crippen molar-refractivity contribution in [2.75, 3.05) is 6.54 Å². The number of aromatic nitrogens is 1. The second-order valence-corrected chi connectivity index (χ2v) is 5.66. The molecule has 1 aromatic carbocycles. The molecule has 1 heterocycles. The third-order valence-corrected chi connectivity index (χ3v) is 3.57. The van der Waals surface area contributed by atoms with Crippen LogP contribution in [0.5, 0.6) is 0 Å². The van der Waals surface area contributed by atoms with Crippen LogP contribution >= 0.6 is 11.3 Å². The minimum absolute atomic E-state index is 0.670. The summed E-state index contributed by atoms with van der Waals surface area (Å²) in [7, 11) is 0. The lowest BCUT2D eigenvalue weighted by molar-refractivity contribution is 0.645. The largest absolute Gasteiger partial charge is 0.330 e. The van der Waals surface area contributed by atoms with Gasteiger partial charge < -0.3 is 5.73 Å². The molecule has 0 aliphatic rings. The van der Waals surface area contributed by atoms with Gasteiger partial charge in [0.25, 0.3) is 0 Å². The Balaban J connectivity index is 2.30. The van der Waals surface area contributed by atoms with E-state index in [2.05, 4.69) is 37.0 Å². The number of rotatable bonds is 4. The van der Waals surface area contributed by atoms with Gasteiger partial charge in [-0.15, -0.1) is 11.3 Å². The molecule has 0 aliphatic carbocycles. The monoisotopic (exact) mass is 234 g/mol. The molecule has 2 nitrogen and oxygen atoms in total. The smallest absolute Gasteiger partial charge is 0.0941 e. The van der Waals surface area contributed by atoms with Gasteiger partial charge in [0, 0.05) is 6.42 Å². The van der Waals surface area contributed by atoms with Crippen LogP contribution in [0, 0.1) is 5.92 Å². The van der Waals surface area contributed by atoms with Crippen molar-refractivity contribution in [3.63, 3.8) is 0 Å². The number of thiazole rings is 1. The van der Waals surface area contributed by atoms with Crippen LogP contribution in [0.2, 0.25) is 0 Å². The van der Waals surface area contributed by atoms with Gasteiger partial charge in [0.05, 0.1) is 15.2 Å². The van der Waals surface area contributed by atoms with Crippen molar-refractivity contribution in [1.29, 1.82) is 0 Å². The van der Waals surface area contributed by atoms with Crippen molar-refractivity contribution in [3.05, 3.63) is 28.8 Å². The van der Waals surface area contributed by atoms with E-state index in [0.29, 0.717) is 12.5 Å². The zero-order chi connectivity index (χ0) is 11.5. The average Bonchev–Trinajstić information content (AvgIpc) is 2.58. The van der Waals surface area contributed by atoms with Crippen LogP contribution < -0.4 is 5.73 Å². The summed E-state index contributed by atoms with van der Waals surface area (Å²) in [6.45, 7) is 5.16. The Hall–Kier alpha value is -0.930. The first-order chi connectivity index (χ1) is 7.69. The van der Waals surface area contributed by atoms with Gasteiger partial charge in [-0.1, -0.05) is 19.9 Å². The highest BCUT2D eigenvalue weighted by Gasteiger charge is 2.06. The molecule has 16 heavy (non-hydrogen) atoms. The summed E-state index contributed by atoms with van der Waals surface area (Å²) >= 11 is 1.81. The predicted octanol–water partition coefficient (Wildman–Crippen LogP) is 3.00. The van der Waals surface area contributed by atoms with E-state index < -0.39 is 0 Å². The maximum Gasteiger partial charge on any atom is 0.0941 e. The fourth-order valence-corrected chi connectivity index (χ4v) is 2.94. The topological polar surface area (TPSA) is 38.9 Å². The molecule has 0 spiro atoms. The maximum atomic E-state index is 5.56. The van der Waals surface area contributed by atoms with E-state index in [-0.39, 0.29) is 0 Å². The molecule has 0 unspecified atom stereocenters. The fraction of sp³-hybridized carbons (Fsp3) is 0.462. The Kier molecular flexibility index (Phi) is 3.56. The van der Waals surface area contributed by atoms with E-state index >= 15 is 0 Å². The Morgan fingerprint density at radius 3 is 2.88 bits per heavy atom. The fourth-order valence-electron chi connectivity index (χ4n) is 1.78. The third kappa shape index (κ3) is 2.60. The number of nitrogens with zero attached hydrogens (tertiary/aromatic N) is 1. The molecule has 2 rings (SSSR count). The van der Waals surface area contributed by atoms with E-state index in [0.717, 1.165) is 18.4 Å². The van der Waals surface area contributed by atoms with Gasteiger partial charge in [-0.2, -0.15) is 0 Å². The quantitative estimate of drug-likeness (QED) is 0.883. The van der Waals surface area contributed by atoms with Crippen LogP contribution in [-0.2, 0) is 12.8 Å². The second kappa shape index (κ2) is 4.93. The van der Waals surface area contributed by atoms with Crippen LogP contribution in [-0.4, -0.2) is 11.5 Å². The first-order valence-corrected chi connectivity index (χ1v) is 6.59. The van der Waals surface area contributed by atoms with E-state index in [1.807, 2.05) is 11.3 Å². The number of fused-ring (bicyclic) bond motifs is 1. The van der Waals surface area contributed by atoms with Crippen molar-refractivity contribution < 1.29 is 0 Å². The summed E-state index contributed by atoms with van der Waals surface area (Å²) in [5.41, 5.74) is 7.98. The van der Waals surface area contributed by atoms with E-state index in [9.17, 15) is 0 Å². The van der Waals surface area contributed by atoms with E-state index in [4.69, 9.17) is 5.73 Å². The minimum atomic E-state index is 0.670. The Morgan fingerprint density at radius 1 is 1.38 bits per heavy atom. The molecule has 0 fully saturated rings. The van der Waals surface area contributed by atoms with Gasteiger partial charge in [-0.3, -0.25) is 0 Å². The van der Waals surface area contributed by atoms with Crippen LogP contribution in [0.15, 0.2) is 18.2 Å². The summed E-state index contributed by atoms with van der Waals surface area (Å²) < 4.78 is 1.29. The molecule has 0 amide bonds. The summed E-state index contributed by atoms with van der Waals surface area (Å²) in [5.74, 6) is 0.670. The number of benzene rings is 1. The van der Waals surface area contributed by atoms with Crippen LogP contribution in [0.25, 0.3) is 10.2 Å². The van der Waals surface area contributed by atoms with Crippen LogP contribution in [0.1, 0.15) is 24.4 Å². The van der Waals surface area contributed by atoms with Crippen molar-refractivity contribution >= 4 is 21.6 Å². The van der Waals surface area contributed by atoms with E-state index in [1.54, 1.807) is 0 Å². The first kappa shape index (κ1) is 11.6. The molecule has 86 valence electrons. The van der Waals surface area contributed by atoms with Gasteiger partial charge >= 0.3 is 0 Å². The molecule has 0 atom stereocenters. The highest BCUT2D eigenvalue weighted by Crippen LogP contribution is 2.24. The van der Waals surface area contributed by atoms with Crippen LogP contribution in [0.4, 0.5) is 0 Å². The molecule has 0 radical (unpaired) electrons. The number of nitrogens with two attached hydrogens (primary N) is 1. The average molecular weight is 234 g/mol. The molecule has 0 saturated carbocycles. The van der Waals surface area contributed by atoms with Gasteiger partial charge in [-0.05, 0) is 36.6 Å². The van der Waals surface area contributed by atoms with Gasteiger partial charge in [0.15, 0.2) is 0 Å². The summed E-state index contributed by atoms with van der Waals surface area (Å²) in [4.78, 5) is 4.67. The zero-order valence-corrected chi connectivity index (χ0v) is 10.7. The lowest BCUT2D eigenvalue weighted by atomic mass is 10.1. The molecule has 3 heteroatoms. The Morgan fingerprint density at radius 2 is 2.19 bits per heavy atom. The zero-order valence-electron chi connectivity index (χ0n) is 9.86. The maximum absolute atomic E-state index is 5.56. The van der Waals surface area contributed by atoms with Crippen molar-refractivity contribution in [2.24, 2.45) is 11.7 Å². The second-order valence-electron chi connectivity index (χ2n) is 4.55. The number of hydrogen-bond donors (Lipinski definition) is 1. The highest BCUT2D eigenvalue weighted by molar-refractivity contribution is 7.18. The number of hydrogen-bond acceptors (Lipinski definition) is 3. The molecular formula is C13H18N2S. The molecule has 0 bridgehead atoms. The third-order valence-electron chi connectivity index (χ3n) is 2.51. The molecule has 2 aromatic rings. The Labute approximate surface area is 101 Å². The summed E-state index contributed by atoms with van der Waals surface area (Å²) in [5, 5.41) is 1.25. The molecule has 0 saturated heterocycles. The Bertz CT molecular complexity index is 474. The molecule has 1 aromatic heterocycles. The normalized spacial score (nSPS) is 11.5. The lowest BCUT2D eigenvalue weighted by Crippen LogP contribution is -2.02. The highest BCUT2D eigenvalue weighted by atomic mass is 32.1. The molecular weight excluding hydrogens is 216 g/mol. The van der Waals surface area contributed by atoms with Crippen molar-refractivity contribution in [1.82, 2.24) is 4.98 Å². The molecule has 0 aliphatic heterocycles. The minimum Gasteiger partial charge on any atom is -0.330 e. The predicted molar refractivity (Wildman–Crippen MR) is 70.9 cm³/mol. The van der Waals surface area contributed by atoms with Crippen molar-refractivity contribution in [3.8, 4) is 0 Å². The van der Waals surface area contributed by atoms with Crippen molar-refractivity contribution in [2.45, 2.75) is 26.7 Å².